The van der Waals surface area contributed by atoms with Crippen LogP contribution in [0, 0.1) is 0 Å². The third kappa shape index (κ3) is 6.95. The molecule has 0 radical (unpaired) electrons. The van der Waals surface area contributed by atoms with Gasteiger partial charge in [0.25, 0.3) is 10.0 Å². The number of halogens is 3. The van der Waals surface area contributed by atoms with Crippen LogP contribution in [0.4, 0.5) is 17.1 Å². The summed E-state index contributed by atoms with van der Waals surface area (Å²) in [4.78, 5) is 12.6. The summed E-state index contributed by atoms with van der Waals surface area (Å²) >= 11 is 18.0. The molecule has 0 saturated carbocycles. The summed E-state index contributed by atoms with van der Waals surface area (Å²) in [5.74, 6) is -0.122. The van der Waals surface area contributed by atoms with E-state index in [0.29, 0.717) is 11.4 Å². The molecule has 0 aliphatic rings. The predicted molar refractivity (Wildman–Crippen MR) is 143 cm³/mol. The zero-order valence-corrected chi connectivity index (χ0v) is 22.7. The molecule has 0 bridgehead atoms. The smallest absolute Gasteiger partial charge is 0.261 e. The highest BCUT2D eigenvalue weighted by Gasteiger charge is 2.24. The Kier molecular flexibility index (Phi) is 8.63. The second-order valence-corrected chi connectivity index (χ2v) is 12.2. The quantitative estimate of drug-likeness (QED) is 0.342. The summed E-state index contributed by atoms with van der Waals surface area (Å²) in [5.41, 5.74) is 0.571. The molecule has 0 atom stereocenters. The van der Waals surface area contributed by atoms with Gasteiger partial charge in [0, 0.05) is 11.4 Å². The van der Waals surface area contributed by atoms with Crippen molar-refractivity contribution in [2.75, 3.05) is 34.3 Å². The van der Waals surface area contributed by atoms with Crippen molar-refractivity contribution in [1.82, 2.24) is 0 Å². The Morgan fingerprint density at radius 3 is 1.97 bits per heavy atom. The standard InChI is InChI=1S/C22H20Cl3N3O6S2/c1-34-16-7-3-15(4-8-16)27-36(32,33)17-9-5-14(6-10-17)26-22(29)13-28(35(2,30)31)21-12-19(24)18(23)11-20(21)25/h3-12,27H,13H2,1-2H3,(H,26,29). The number of amides is 1. The van der Waals surface area contributed by atoms with Gasteiger partial charge in [-0.25, -0.2) is 16.8 Å². The first kappa shape index (κ1) is 27.9. The molecular formula is C22H20Cl3N3O6S2. The van der Waals surface area contributed by atoms with E-state index in [1.807, 2.05) is 0 Å². The zero-order chi connectivity index (χ0) is 26.7. The molecule has 2 N–H and O–H groups in total. The molecule has 0 unspecified atom stereocenters. The summed E-state index contributed by atoms with van der Waals surface area (Å²) < 4.78 is 58.3. The third-order valence-corrected chi connectivity index (χ3v) is 8.29. The molecule has 0 aromatic heterocycles. The lowest BCUT2D eigenvalue weighted by molar-refractivity contribution is -0.114. The number of anilines is 3. The van der Waals surface area contributed by atoms with E-state index < -0.39 is 32.5 Å². The van der Waals surface area contributed by atoms with Crippen molar-refractivity contribution >= 4 is 77.8 Å². The van der Waals surface area contributed by atoms with E-state index in [4.69, 9.17) is 39.5 Å². The van der Waals surface area contributed by atoms with Crippen LogP contribution in [0.1, 0.15) is 0 Å². The molecule has 3 rings (SSSR count). The summed E-state index contributed by atoms with van der Waals surface area (Å²) in [6.45, 7) is -0.615. The Morgan fingerprint density at radius 2 is 1.42 bits per heavy atom. The van der Waals surface area contributed by atoms with Crippen molar-refractivity contribution in [3.8, 4) is 5.75 Å². The molecule has 36 heavy (non-hydrogen) atoms. The number of carbonyl (C=O) groups is 1. The first-order chi connectivity index (χ1) is 16.8. The molecule has 0 saturated heterocycles. The fourth-order valence-corrected chi connectivity index (χ4v) is 5.62. The number of sulfonamides is 2. The summed E-state index contributed by atoms with van der Waals surface area (Å²) in [6, 6.07) is 14.2. The van der Waals surface area contributed by atoms with Crippen LogP contribution in [0.2, 0.25) is 15.1 Å². The number of hydrogen-bond donors (Lipinski definition) is 2. The lowest BCUT2D eigenvalue weighted by Crippen LogP contribution is -2.37. The Bertz CT molecular complexity index is 1480. The van der Waals surface area contributed by atoms with Crippen LogP contribution in [-0.2, 0) is 24.8 Å². The molecular weight excluding hydrogens is 573 g/mol. The average molecular weight is 593 g/mol. The number of hydrogen-bond acceptors (Lipinski definition) is 6. The van der Waals surface area contributed by atoms with Crippen LogP contribution in [0.15, 0.2) is 65.6 Å². The van der Waals surface area contributed by atoms with Gasteiger partial charge in [0.05, 0.1) is 39.0 Å². The number of methoxy groups -OCH3 is 1. The molecule has 192 valence electrons. The fourth-order valence-electron chi connectivity index (χ4n) is 3.01. The molecule has 0 aliphatic heterocycles. The second kappa shape index (κ2) is 11.1. The monoisotopic (exact) mass is 591 g/mol. The predicted octanol–water partition coefficient (Wildman–Crippen LogP) is 4.86. The minimum atomic E-state index is -3.93. The van der Waals surface area contributed by atoms with E-state index >= 15 is 0 Å². The van der Waals surface area contributed by atoms with E-state index in [1.54, 1.807) is 24.3 Å². The number of nitrogens with zero attached hydrogens (tertiary/aromatic N) is 1. The van der Waals surface area contributed by atoms with Gasteiger partial charge >= 0.3 is 0 Å². The van der Waals surface area contributed by atoms with Crippen molar-refractivity contribution in [2.45, 2.75) is 4.90 Å². The molecule has 14 heteroatoms. The number of benzene rings is 3. The van der Waals surface area contributed by atoms with Crippen molar-refractivity contribution in [1.29, 1.82) is 0 Å². The van der Waals surface area contributed by atoms with Gasteiger partial charge in [-0.3, -0.25) is 13.8 Å². The second-order valence-electron chi connectivity index (χ2n) is 7.39. The number of ether oxygens (including phenoxy) is 1. The highest BCUT2D eigenvalue weighted by Crippen LogP contribution is 2.35. The number of carbonyl (C=O) groups excluding carboxylic acids is 1. The van der Waals surface area contributed by atoms with E-state index in [-0.39, 0.29) is 31.3 Å². The van der Waals surface area contributed by atoms with Gasteiger partial charge in [0.2, 0.25) is 15.9 Å². The molecule has 9 nitrogen and oxygen atoms in total. The van der Waals surface area contributed by atoms with Crippen LogP contribution in [-0.4, -0.2) is 42.7 Å². The highest BCUT2D eigenvalue weighted by molar-refractivity contribution is 7.92. The van der Waals surface area contributed by atoms with Crippen LogP contribution in [0.3, 0.4) is 0 Å². The van der Waals surface area contributed by atoms with Gasteiger partial charge in [0.15, 0.2) is 0 Å². The third-order valence-electron chi connectivity index (χ3n) is 4.74. The lowest BCUT2D eigenvalue weighted by atomic mass is 10.3. The summed E-state index contributed by atoms with van der Waals surface area (Å²) in [6.07, 6.45) is 0.911. The molecule has 0 heterocycles. The van der Waals surface area contributed by atoms with E-state index in [2.05, 4.69) is 10.0 Å². The van der Waals surface area contributed by atoms with Crippen molar-refractivity contribution in [3.05, 3.63) is 75.7 Å². The van der Waals surface area contributed by atoms with E-state index in [9.17, 15) is 21.6 Å². The van der Waals surface area contributed by atoms with Crippen molar-refractivity contribution < 1.29 is 26.4 Å². The van der Waals surface area contributed by atoms with Crippen LogP contribution >= 0.6 is 34.8 Å². The minimum Gasteiger partial charge on any atom is -0.497 e. The van der Waals surface area contributed by atoms with Gasteiger partial charge in [0.1, 0.15) is 12.3 Å². The van der Waals surface area contributed by atoms with Crippen LogP contribution in [0.5, 0.6) is 5.75 Å². The Balaban J connectivity index is 1.73. The number of nitrogens with one attached hydrogen (secondary N) is 2. The molecule has 3 aromatic rings. The fraction of sp³-hybridized carbons (Fsp3) is 0.136. The Morgan fingerprint density at radius 1 is 0.861 bits per heavy atom. The molecule has 0 aliphatic carbocycles. The SMILES string of the molecule is COc1ccc(NS(=O)(=O)c2ccc(NC(=O)CN(c3cc(Cl)c(Cl)cc3Cl)S(C)(=O)=O)cc2)cc1. The van der Waals surface area contributed by atoms with Gasteiger partial charge < -0.3 is 10.1 Å². The molecule has 0 fully saturated rings. The first-order valence-electron chi connectivity index (χ1n) is 9.99. The Labute approximate surface area is 224 Å². The topological polar surface area (TPSA) is 122 Å². The largest absolute Gasteiger partial charge is 0.497 e. The van der Waals surface area contributed by atoms with E-state index in [0.717, 1.165) is 10.6 Å². The summed E-state index contributed by atoms with van der Waals surface area (Å²) in [7, 11) is -6.32. The first-order valence-corrected chi connectivity index (χ1v) is 14.5. The minimum absolute atomic E-state index is 0.0125. The average Bonchev–Trinajstić information content (AvgIpc) is 2.80. The van der Waals surface area contributed by atoms with Crippen LogP contribution in [0.25, 0.3) is 0 Å². The lowest BCUT2D eigenvalue weighted by Gasteiger charge is -2.23. The van der Waals surface area contributed by atoms with Crippen LogP contribution < -0.4 is 19.1 Å². The van der Waals surface area contributed by atoms with Crippen molar-refractivity contribution in [2.24, 2.45) is 0 Å². The van der Waals surface area contributed by atoms with Crippen molar-refractivity contribution in [3.63, 3.8) is 0 Å². The molecule has 1 amide bonds. The molecule has 0 spiro atoms. The number of rotatable bonds is 9. The van der Waals surface area contributed by atoms with Gasteiger partial charge in [-0.2, -0.15) is 0 Å². The van der Waals surface area contributed by atoms with Gasteiger partial charge in [-0.1, -0.05) is 34.8 Å². The Hall–Kier alpha value is -2.70. The van der Waals surface area contributed by atoms with E-state index in [1.165, 1.54) is 43.5 Å². The normalized spacial score (nSPS) is 11.6. The van der Waals surface area contributed by atoms with Gasteiger partial charge in [-0.15, -0.1) is 0 Å². The maximum Gasteiger partial charge on any atom is 0.261 e. The maximum absolute atomic E-state index is 12.6. The zero-order valence-electron chi connectivity index (χ0n) is 18.8. The van der Waals surface area contributed by atoms with Gasteiger partial charge in [-0.05, 0) is 60.7 Å². The summed E-state index contributed by atoms with van der Waals surface area (Å²) in [5, 5.41) is 2.70. The highest BCUT2D eigenvalue weighted by atomic mass is 35.5. The maximum atomic E-state index is 12.6. The molecule has 3 aromatic carbocycles.